The van der Waals surface area contributed by atoms with Gasteiger partial charge in [0.1, 0.15) is 17.5 Å². The zero-order valence-corrected chi connectivity index (χ0v) is 14.6. The van der Waals surface area contributed by atoms with E-state index in [4.69, 9.17) is 0 Å². The van der Waals surface area contributed by atoms with E-state index in [2.05, 4.69) is 25.4 Å². The molecule has 0 saturated heterocycles. The fraction of sp³-hybridized carbons (Fsp3) is 0.118. The summed E-state index contributed by atoms with van der Waals surface area (Å²) in [5.41, 5.74) is 2.12. The maximum absolute atomic E-state index is 12.6. The van der Waals surface area contributed by atoms with Gasteiger partial charge in [-0.1, -0.05) is 12.1 Å². The molecular weight excluding hydrogens is 352 g/mol. The van der Waals surface area contributed by atoms with Crippen LogP contribution in [0.2, 0.25) is 0 Å². The van der Waals surface area contributed by atoms with Gasteiger partial charge in [0.15, 0.2) is 0 Å². The molecule has 4 aromatic rings. The van der Waals surface area contributed by atoms with Gasteiger partial charge in [-0.15, -0.1) is 11.3 Å². The van der Waals surface area contributed by atoms with Crippen molar-refractivity contribution in [2.45, 2.75) is 13.5 Å². The largest absolute Gasteiger partial charge is 0.321 e. The Morgan fingerprint density at radius 1 is 1.31 bits per heavy atom. The number of aromatic nitrogens is 5. The lowest BCUT2D eigenvalue weighted by molar-refractivity contribution is 0.103. The molecule has 3 aromatic heterocycles. The molecule has 2 N–H and O–H groups in total. The number of aryl methyl sites for hydroxylation is 1. The molecule has 0 radical (unpaired) electrons. The first kappa shape index (κ1) is 16.2. The maximum Gasteiger partial charge on any atom is 0.266 e. The summed E-state index contributed by atoms with van der Waals surface area (Å²) in [5, 5.41) is 7.39. The molecule has 1 amide bonds. The Kier molecular flexibility index (Phi) is 4.05. The van der Waals surface area contributed by atoms with Gasteiger partial charge in [-0.2, -0.15) is 5.10 Å². The Balaban J connectivity index is 1.54. The van der Waals surface area contributed by atoms with Gasteiger partial charge < -0.3 is 10.3 Å². The minimum absolute atomic E-state index is 0.236. The van der Waals surface area contributed by atoms with Crippen molar-refractivity contribution in [1.29, 1.82) is 0 Å². The van der Waals surface area contributed by atoms with Crippen LogP contribution in [0, 0.1) is 6.92 Å². The first-order chi connectivity index (χ1) is 12.6. The molecule has 0 saturated carbocycles. The van der Waals surface area contributed by atoms with Crippen molar-refractivity contribution < 1.29 is 4.79 Å². The number of hydrogen-bond donors (Lipinski definition) is 2. The number of H-pyrrole nitrogens is 1. The highest BCUT2D eigenvalue weighted by Gasteiger charge is 2.18. The third-order valence-electron chi connectivity index (χ3n) is 3.96. The van der Waals surface area contributed by atoms with Gasteiger partial charge in [0, 0.05) is 5.69 Å². The third kappa shape index (κ3) is 3.00. The fourth-order valence-corrected chi connectivity index (χ4v) is 3.72. The van der Waals surface area contributed by atoms with Crippen LogP contribution < -0.4 is 10.9 Å². The van der Waals surface area contributed by atoms with Crippen LogP contribution in [0.5, 0.6) is 0 Å². The number of nitrogens with one attached hydrogen (secondary N) is 2. The number of rotatable bonds is 4. The van der Waals surface area contributed by atoms with Crippen molar-refractivity contribution in [1.82, 2.24) is 24.7 Å². The van der Waals surface area contributed by atoms with Crippen LogP contribution in [0.1, 0.15) is 20.8 Å². The average molecular weight is 366 g/mol. The van der Waals surface area contributed by atoms with Crippen LogP contribution in [0.25, 0.3) is 10.2 Å². The Morgan fingerprint density at radius 2 is 2.12 bits per heavy atom. The molecular formula is C17H14N6O2S. The molecule has 1 aromatic carbocycles. The molecule has 0 spiro atoms. The number of fused-ring (bicyclic) bond motifs is 1. The molecule has 0 fully saturated rings. The smallest absolute Gasteiger partial charge is 0.266 e. The van der Waals surface area contributed by atoms with Gasteiger partial charge in [-0.3, -0.25) is 9.59 Å². The van der Waals surface area contributed by atoms with Crippen molar-refractivity contribution in [2.24, 2.45) is 0 Å². The van der Waals surface area contributed by atoms with Crippen molar-refractivity contribution >= 4 is 33.1 Å². The number of nitrogens with zero attached hydrogens (tertiary/aromatic N) is 4. The van der Waals surface area contributed by atoms with Gasteiger partial charge >= 0.3 is 0 Å². The second-order valence-corrected chi connectivity index (χ2v) is 6.71. The fourth-order valence-electron chi connectivity index (χ4n) is 2.68. The quantitative estimate of drug-likeness (QED) is 0.576. The molecule has 9 heteroatoms. The highest BCUT2D eigenvalue weighted by molar-refractivity contribution is 7.20. The third-order valence-corrected chi connectivity index (χ3v) is 5.16. The van der Waals surface area contributed by atoms with Crippen LogP contribution in [-0.2, 0) is 6.54 Å². The van der Waals surface area contributed by atoms with E-state index in [0.29, 0.717) is 32.9 Å². The molecule has 0 bridgehead atoms. The number of thiophene rings is 1. The van der Waals surface area contributed by atoms with E-state index in [-0.39, 0.29) is 11.5 Å². The summed E-state index contributed by atoms with van der Waals surface area (Å²) in [5.74, 6) is -0.256. The van der Waals surface area contributed by atoms with E-state index in [1.165, 1.54) is 24.0 Å². The first-order valence-corrected chi connectivity index (χ1v) is 8.63. The monoisotopic (exact) mass is 366 g/mol. The molecule has 3 heterocycles. The van der Waals surface area contributed by atoms with E-state index < -0.39 is 0 Å². The summed E-state index contributed by atoms with van der Waals surface area (Å²) < 4.78 is 1.72. The van der Waals surface area contributed by atoms with Gasteiger partial charge in [-0.05, 0) is 30.2 Å². The van der Waals surface area contributed by atoms with E-state index >= 15 is 0 Å². The van der Waals surface area contributed by atoms with Crippen LogP contribution >= 0.6 is 11.3 Å². The normalized spacial score (nSPS) is 11.0. The Labute approximate surface area is 151 Å². The van der Waals surface area contributed by atoms with Crippen molar-refractivity contribution in [3.05, 3.63) is 69.6 Å². The number of benzene rings is 1. The van der Waals surface area contributed by atoms with Gasteiger partial charge in [0.2, 0.25) is 0 Å². The Hall–Kier alpha value is -3.33. The summed E-state index contributed by atoms with van der Waals surface area (Å²) >= 11 is 1.21. The standard InChI is InChI=1S/C17H14N6O2S/c1-10-13-15(24)19-8-20-17(13)26-14(10)16(25)22-12-4-2-11(3-5-12)6-23-9-18-7-21-23/h2-5,7-9H,6H2,1H3,(H,22,25)(H,19,20,24). The molecule has 4 rings (SSSR count). The summed E-state index contributed by atoms with van der Waals surface area (Å²) in [6, 6.07) is 7.50. The van der Waals surface area contributed by atoms with Crippen molar-refractivity contribution in [2.75, 3.05) is 5.32 Å². The zero-order chi connectivity index (χ0) is 18.1. The van der Waals surface area contributed by atoms with Crippen LogP contribution in [0.15, 0.2) is 48.0 Å². The second-order valence-electron chi connectivity index (χ2n) is 5.71. The predicted octanol–water partition coefficient (Wildman–Crippen LogP) is 2.19. The van der Waals surface area contributed by atoms with E-state index in [0.717, 1.165) is 5.56 Å². The maximum atomic E-state index is 12.6. The zero-order valence-electron chi connectivity index (χ0n) is 13.8. The highest BCUT2D eigenvalue weighted by atomic mass is 32.1. The summed E-state index contributed by atoms with van der Waals surface area (Å²) in [4.78, 5) is 36.1. The lowest BCUT2D eigenvalue weighted by Crippen LogP contribution is -2.12. The van der Waals surface area contributed by atoms with Crippen molar-refractivity contribution in [3.8, 4) is 0 Å². The SMILES string of the molecule is Cc1c(C(=O)Nc2ccc(Cn3cncn3)cc2)sc2nc[nH]c(=O)c12. The lowest BCUT2D eigenvalue weighted by Gasteiger charge is -2.06. The molecule has 8 nitrogen and oxygen atoms in total. The minimum atomic E-state index is -0.256. The number of carbonyl (C=O) groups excluding carboxylic acids is 1. The number of aromatic amines is 1. The van der Waals surface area contributed by atoms with E-state index in [1.54, 1.807) is 17.9 Å². The lowest BCUT2D eigenvalue weighted by atomic mass is 10.2. The molecule has 0 atom stereocenters. The van der Waals surface area contributed by atoms with Crippen LogP contribution in [-0.4, -0.2) is 30.6 Å². The molecule has 130 valence electrons. The van der Waals surface area contributed by atoms with Crippen LogP contribution in [0.4, 0.5) is 5.69 Å². The van der Waals surface area contributed by atoms with Gasteiger partial charge in [-0.25, -0.2) is 14.6 Å². The minimum Gasteiger partial charge on any atom is -0.321 e. The molecule has 26 heavy (non-hydrogen) atoms. The predicted molar refractivity (Wildman–Crippen MR) is 98.5 cm³/mol. The van der Waals surface area contributed by atoms with Gasteiger partial charge in [0.05, 0.1) is 23.1 Å². The summed E-state index contributed by atoms with van der Waals surface area (Å²) in [6.07, 6.45) is 4.48. The van der Waals surface area contributed by atoms with E-state index in [9.17, 15) is 9.59 Å². The molecule has 0 aliphatic heterocycles. The number of carbonyl (C=O) groups is 1. The average Bonchev–Trinajstić information content (AvgIpc) is 3.25. The Bertz CT molecular complexity index is 1130. The topological polar surface area (TPSA) is 106 Å². The second kappa shape index (κ2) is 6.52. The Morgan fingerprint density at radius 3 is 2.81 bits per heavy atom. The first-order valence-electron chi connectivity index (χ1n) is 7.81. The van der Waals surface area contributed by atoms with Crippen LogP contribution in [0.3, 0.4) is 0 Å². The molecule has 0 aliphatic rings. The summed E-state index contributed by atoms with van der Waals surface area (Å²) in [6.45, 7) is 2.37. The van der Waals surface area contributed by atoms with Gasteiger partial charge in [0.25, 0.3) is 11.5 Å². The number of hydrogen-bond acceptors (Lipinski definition) is 6. The molecule has 0 unspecified atom stereocenters. The van der Waals surface area contributed by atoms with E-state index in [1.807, 2.05) is 24.3 Å². The highest BCUT2D eigenvalue weighted by Crippen LogP contribution is 2.27. The molecule has 0 aliphatic carbocycles. The number of amides is 1. The summed E-state index contributed by atoms with van der Waals surface area (Å²) in [7, 11) is 0. The number of anilines is 1. The van der Waals surface area contributed by atoms with Crippen molar-refractivity contribution in [3.63, 3.8) is 0 Å².